The van der Waals surface area contributed by atoms with E-state index in [2.05, 4.69) is 32.0 Å². The molecule has 0 N–H and O–H groups in total. The van der Waals surface area contributed by atoms with Crippen LogP contribution >= 0.6 is 27.3 Å². The van der Waals surface area contributed by atoms with E-state index in [9.17, 15) is 0 Å². The molecular weight excluding hydrogens is 312 g/mol. The summed E-state index contributed by atoms with van der Waals surface area (Å²) in [5, 5.41) is 0.965. The Kier molecular flexibility index (Phi) is 3.25. The maximum atomic E-state index is 5.69. The summed E-state index contributed by atoms with van der Waals surface area (Å²) < 4.78 is 7.59. The first-order chi connectivity index (χ1) is 8.83. The number of pyridine rings is 1. The first-order valence-corrected chi connectivity index (χ1v) is 7.01. The van der Waals surface area contributed by atoms with Crippen LogP contribution in [-0.2, 0) is 6.61 Å². The fraction of sp³-hybridized carbons (Fsp3) is 0.0769. The maximum absolute atomic E-state index is 5.69. The highest BCUT2D eigenvalue weighted by Gasteiger charge is 2.05. The minimum Gasteiger partial charge on any atom is -0.484 e. The molecule has 5 heteroatoms. The second-order valence-electron chi connectivity index (χ2n) is 3.66. The van der Waals surface area contributed by atoms with Gasteiger partial charge in [-0.3, -0.25) is 0 Å². The minimum atomic E-state index is 0.462. The molecule has 0 saturated heterocycles. The summed E-state index contributed by atoms with van der Waals surface area (Å²) in [6.45, 7) is 0.462. The summed E-state index contributed by atoms with van der Waals surface area (Å²) in [6.07, 6.45) is 1.72. The van der Waals surface area contributed by atoms with Crippen LogP contribution in [0, 0.1) is 0 Å². The molecule has 0 spiro atoms. The van der Waals surface area contributed by atoms with Crippen LogP contribution < -0.4 is 4.74 Å². The standard InChI is InChI=1S/C13H9BrN2OS/c14-13-10(5-3-7-15-13)17-8-12-16-9-4-1-2-6-11(9)18-12/h1-7H,8H2. The lowest BCUT2D eigenvalue weighted by Crippen LogP contribution is -1.95. The summed E-state index contributed by atoms with van der Waals surface area (Å²) in [5.41, 5.74) is 1.02. The molecule has 0 aliphatic rings. The highest BCUT2D eigenvalue weighted by Crippen LogP contribution is 2.25. The van der Waals surface area contributed by atoms with Crippen LogP contribution in [0.4, 0.5) is 0 Å². The molecule has 3 nitrogen and oxygen atoms in total. The molecule has 0 aliphatic heterocycles. The van der Waals surface area contributed by atoms with Crippen molar-refractivity contribution in [2.75, 3.05) is 0 Å². The van der Waals surface area contributed by atoms with Gasteiger partial charge in [0.2, 0.25) is 0 Å². The number of hydrogen-bond acceptors (Lipinski definition) is 4. The van der Waals surface area contributed by atoms with Crippen molar-refractivity contribution in [3.8, 4) is 5.75 Å². The average molecular weight is 321 g/mol. The number of nitrogens with zero attached hydrogens (tertiary/aromatic N) is 2. The monoisotopic (exact) mass is 320 g/mol. The highest BCUT2D eigenvalue weighted by atomic mass is 79.9. The fourth-order valence-corrected chi connectivity index (χ4v) is 2.85. The van der Waals surface area contributed by atoms with Crippen LogP contribution in [0.2, 0.25) is 0 Å². The molecular formula is C13H9BrN2OS. The number of benzene rings is 1. The Morgan fingerprint density at radius 2 is 2.06 bits per heavy atom. The molecule has 18 heavy (non-hydrogen) atoms. The van der Waals surface area contributed by atoms with E-state index in [4.69, 9.17) is 4.74 Å². The smallest absolute Gasteiger partial charge is 0.152 e. The van der Waals surface area contributed by atoms with Crippen molar-refractivity contribution in [1.29, 1.82) is 0 Å². The van der Waals surface area contributed by atoms with Crippen LogP contribution in [0.25, 0.3) is 10.2 Å². The Labute approximate surface area is 117 Å². The Balaban J connectivity index is 1.79. The van der Waals surface area contributed by atoms with Crippen LogP contribution in [0.15, 0.2) is 47.2 Å². The molecule has 0 bridgehead atoms. The molecule has 1 aromatic carbocycles. The third-order valence-electron chi connectivity index (χ3n) is 2.41. The van der Waals surface area contributed by atoms with Crippen LogP contribution in [-0.4, -0.2) is 9.97 Å². The second-order valence-corrected chi connectivity index (χ2v) is 5.52. The summed E-state index contributed by atoms with van der Waals surface area (Å²) >= 11 is 5.00. The molecule has 0 amide bonds. The van der Waals surface area contributed by atoms with Gasteiger partial charge in [0.25, 0.3) is 0 Å². The van der Waals surface area contributed by atoms with Gasteiger partial charge in [0, 0.05) is 6.20 Å². The molecule has 3 rings (SSSR count). The summed E-state index contributed by atoms with van der Waals surface area (Å²) in [4.78, 5) is 8.62. The van der Waals surface area contributed by atoms with Gasteiger partial charge in [-0.05, 0) is 40.2 Å². The Hall–Kier alpha value is -1.46. The van der Waals surface area contributed by atoms with E-state index < -0.39 is 0 Å². The van der Waals surface area contributed by atoms with Gasteiger partial charge in [-0.25, -0.2) is 9.97 Å². The van der Waals surface area contributed by atoms with E-state index in [0.29, 0.717) is 11.2 Å². The first-order valence-electron chi connectivity index (χ1n) is 5.41. The molecule has 0 unspecified atom stereocenters. The van der Waals surface area contributed by atoms with Gasteiger partial charge in [-0.2, -0.15) is 0 Å². The normalized spacial score (nSPS) is 10.7. The van der Waals surface area contributed by atoms with E-state index in [0.717, 1.165) is 16.3 Å². The summed E-state index contributed by atoms with van der Waals surface area (Å²) in [7, 11) is 0. The molecule has 0 fully saturated rings. The predicted molar refractivity (Wildman–Crippen MR) is 75.9 cm³/mol. The number of para-hydroxylation sites is 1. The number of rotatable bonds is 3. The van der Waals surface area contributed by atoms with Crippen molar-refractivity contribution < 1.29 is 4.74 Å². The largest absolute Gasteiger partial charge is 0.484 e. The lowest BCUT2D eigenvalue weighted by molar-refractivity contribution is 0.302. The molecule has 0 aliphatic carbocycles. The second kappa shape index (κ2) is 5.04. The van der Waals surface area contributed by atoms with Gasteiger partial charge in [0.05, 0.1) is 10.2 Å². The average Bonchev–Trinajstić information content (AvgIpc) is 2.80. The molecule has 90 valence electrons. The molecule has 0 radical (unpaired) electrons. The van der Waals surface area contributed by atoms with Crippen molar-refractivity contribution in [2.24, 2.45) is 0 Å². The summed E-state index contributed by atoms with van der Waals surface area (Å²) in [5.74, 6) is 0.733. The number of hydrogen-bond donors (Lipinski definition) is 0. The molecule has 0 saturated carbocycles. The van der Waals surface area contributed by atoms with E-state index in [1.165, 1.54) is 4.70 Å². The van der Waals surface area contributed by atoms with Crippen LogP contribution in [0.1, 0.15) is 5.01 Å². The third kappa shape index (κ3) is 2.37. The van der Waals surface area contributed by atoms with Gasteiger partial charge in [0.1, 0.15) is 16.2 Å². The number of fused-ring (bicyclic) bond motifs is 1. The zero-order chi connectivity index (χ0) is 12.4. The van der Waals surface area contributed by atoms with E-state index in [1.807, 2.05) is 30.3 Å². The van der Waals surface area contributed by atoms with Gasteiger partial charge < -0.3 is 4.74 Å². The zero-order valence-electron chi connectivity index (χ0n) is 9.34. The van der Waals surface area contributed by atoms with E-state index >= 15 is 0 Å². The third-order valence-corrected chi connectivity index (χ3v) is 4.02. The predicted octanol–water partition coefficient (Wildman–Crippen LogP) is 4.03. The summed E-state index contributed by atoms with van der Waals surface area (Å²) in [6, 6.07) is 11.8. The van der Waals surface area contributed by atoms with Crippen molar-refractivity contribution in [3.63, 3.8) is 0 Å². The lowest BCUT2D eigenvalue weighted by atomic mass is 10.3. The maximum Gasteiger partial charge on any atom is 0.152 e. The number of thiazole rings is 1. The zero-order valence-corrected chi connectivity index (χ0v) is 11.7. The number of halogens is 1. The van der Waals surface area contributed by atoms with Crippen molar-refractivity contribution in [2.45, 2.75) is 6.61 Å². The lowest BCUT2D eigenvalue weighted by Gasteiger charge is -2.04. The van der Waals surface area contributed by atoms with Gasteiger partial charge in [0.15, 0.2) is 5.75 Å². The van der Waals surface area contributed by atoms with Gasteiger partial charge in [-0.15, -0.1) is 11.3 Å². The first kappa shape index (κ1) is 11.6. The quantitative estimate of drug-likeness (QED) is 0.683. The van der Waals surface area contributed by atoms with Crippen molar-refractivity contribution in [3.05, 3.63) is 52.2 Å². The molecule has 2 heterocycles. The van der Waals surface area contributed by atoms with E-state index in [1.54, 1.807) is 17.5 Å². The number of aromatic nitrogens is 2. The molecule has 0 atom stereocenters. The Bertz CT molecular complexity index is 650. The molecule has 2 aromatic heterocycles. The SMILES string of the molecule is Brc1ncccc1OCc1nc2ccccc2s1. The van der Waals surface area contributed by atoms with E-state index in [-0.39, 0.29) is 0 Å². The van der Waals surface area contributed by atoms with Crippen molar-refractivity contribution in [1.82, 2.24) is 9.97 Å². The topological polar surface area (TPSA) is 35.0 Å². The fourth-order valence-electron chi connectivity index (χ4n) is 1.60. The minimum absolute atomic E-state index is 0.462. The van der Waals surface area contributed by atoms with Crippen LogP contribution in [0.5, 0.6) is 5.75 Å². The molecule has 3 aromatic rings. The Morgan fingerprint density at radius 1 is 1.17 bits per heavy atom. The number of ether oxygens (including phenoxy) is 1. The highest BCUT2D eigenvalue weighted by molar-refractivity contribution is 9.10. The van der Waals surface area contributed by atoms with Gasteiger partial charge >= 0.3 is 0 Å². The Morgan fingerprint density at radius 3 is 2.89 bits per heavy atom. The van der Waals surface area contributed by atoms with Crippen LogP contribution in [0.3, 0.4) is 0 Å². The van der Waals surface area contributed by atoms with Crippen molar-refractivity contribution >= 4 is 37.5 Å². The van der Waals surface area contributed by atoms with Gasteiger partial charge in [-0.1, -0.05) is 12.1 Å².